The molecule has 3 rings (SSSR count). The quantitative estimate of drug-likeness (QED) is 0.484. The molecule has 1 aliphatic rings. The summed E-state index contributed by atoms with van der Waals surface area (Å²) in [6.07, 6.45) is 1.77. The number of amides is 2. The Morgan fingerprint density at radius 1 is 1.29 bits per heavy atom. The van der Waals surface area contributed by atoms with Crippen molar-refractivity contribution in [3.05, 3.63) is 63.5 Å². The van der Waals surface area contributed by atoms with Crippen LogP contribution in [0.2, 0.25) is 0 Å². The van der Waals surface area contributed by atoms with Crippen LogP contribution in [0.3, 0.4) is 0 Å². The van der Waals surface area contributed by atoms with Gasteiger partial charge in [-0.1, -0.05) is 52.0 Å². The molecule has 0 aliphatic carbocycles. The average molecular weight is 477 g/mol. The molecule has 0 radical (unpaired) electrons. The monoisotopic (exact) mass is 476 g/mol. The zero-order valence-corrected chi connectivity index (χ0v) is 18.2. The van der Waals surface area contributed by atoms with Crippen molar-refractivity contribution < 1.29 is 14.3 Å². The fraction of sp³-hybridized carbons (Fsp3) is 0.150. The molecule has 0 spiro atoms. The van der Waals surface area contributed by atoms with E-state index in [2.05, 4.69) is 21.2 Å². The minimum absolute atomic E-state index is 0.131. The fourth-order valence-corrected chi connectivity index (χ4v) is 4.20. The molecule has 0 atom stereocenters. The highest BCUT2D eigenvalue weighted by Gasteiger charge is 2.33. The van der Waals surface area contributed by atoms with E-state index in [1.54, 1.807) is 30.3 Å². The first kappa shape index (κ1) is 20.6. The molecule has 2 aromatic rings. The third-order valence-corrected chi connectivity index (χ3v) is 5.64. The van der Waals surface area contributed by atoms with Gasteiger partial charge in [-0.15, -0.1) is 0 Å². The number of benzene rings is 2. The predicted octanol–water partition coefficient (Wildman–Crippen LogP) is 4.69. The lowest BCUT2D eigenvalue weighted by Crippen LogP contribution is -2.36. The molecule has 1 fully saturated rings. The van der Waals surface area contributed by atoms with E-state index >= 15 is 0 Å². The van der Waals surface area contributed by atoms with Crippen LogP contribution in [0.15, 0.2) is 57.9 Å². The normalized spacial score (nSPS) is 15.2. The summed E-state index contributed by atoms with van der Waals surface area (Å²) in [6, 6.07) is 14.7. The van der Waals surface area contributed by atoms with Gasteiger partial charge < -0.3 is 10.1 Å². The van der Waals surface area contributed by atoms with E-state index in [0.717, 1.165) is 15.8 Å². The van der Waals surface area contributed by atoms with Gasteiger partial charge in [-0.2, -0.15) is 0 Å². The highest BCUT2D eigenvalue weighted by Crippen LogP contribution is 2.32. The Kier molecular flexibility index (Phi) is 6.88. The summed E-state index contributed by atoms with van der Waals surface area (Å²) in [6.45, 7) is 2.35. The summed E-state index contributed by atoms with van der Waals surface area (Å²) < 4.78 is 6.67. The smallest absolute Gasteiger partial charge is 0.266 e. The maximum atomic E-state index is 12.7. The first-order chi connectivity index (χ1) is 13.5. The molecular weight excluding hydrogens is 460 g/mol. The van der Waals surface area contributed by atoms with Crippen LogP contribution in [-0.4, -0.2) is 34.2 Å². The van der Waals surface area contributed by atoms with E-state index < -0.39 is 0 Å². The molecule has 2 aromatic carbocycles. The highest BCUT2D eigenvalue weighted by atomic mass is 79.9. The molecule has 2 amide bonds. The van der Waals surface area contributed by atoms with Crippen LogP contribution >= 0.6 is 39.9 Å². The molecule has 144 valence electrons. The molecule has 1 heterocycles. The van der Waals surface area contributed by atoms with Crippen molar-refractivity contribution in [3.8, 4) is 5.75 Å². The Morgan fingerprint density at radius 3 is 2.71 bits per heavy atom. The maximum absolute atomic E-state index is 12.7. The molecule has 0 aromatic heterocycles. The van der Waals surface area contributed by atoms with Gasteiger partial charge in [-0.05, 0) is 55.0 Å². The van der Waals surface area contributed by atoms with Gasteiger partial charge in [0.25, 0.3) is 5.91 Å². The Balaban J connectivity index is 1.64. The third-order valence-electron chi connectivity index (χ3n) is 3.77. The van der Waals surface area contributed by atoms with Gasteiger partial charge in [0, 0.05) is 10.2 Å². The predicted molar refractivity (Wildman–Crippen MR) is 120 cm³/mol. The number of nitrogens with zero attached hydrogens (tertiary/aromatic N) is 1. The molecule has 0 bridgehead atoms. The molecule has 1 aliphatic heterocycles. The van der Waals surface area contributed by atoms with Crippen molar-refractivity contribution in [2.45, 2.75) is 6.92 Å². The lowest BCUT2D eigenvalue weighted by molar-refractivity contribution is -0.126. The van der Waals surface area contributed by atoms with E-state index in [1.807, 2.05) is 31.2 Å². The van der Waals surface area contributed by atoms with Crippen molar-refractivity contribution in [1.82, 2.24) is 4.90 Å². The number of hydrogen-bond acceptors (Lipinski definition) is 5. The number of thiocarbonyl (C=S) groups is 1. The van der Waals surface area contributed by atoms with Crippen LogP contribution in [0, 0.1) is 0 Å². The lowest BCUT2D eigenvalue weighted by atomic mass is 10.2. The summed E-state index contributed by atoms with van der Waals surface area (Å²) >= 11 is 9.89. The number of carbonyl (C=O) groups is 2. The highest BCUT2D eigenvalue weighted by molar-refractivity contribution is 9.10. The average Bonchev–Trinajstić information content (AvgIpc) is 2.91. The first-order valence-electron chi connectivity index (χ1n) is 8.50. The zero-order chi connectivity index (χ0) is 20.1. The Morgan fingerprint density at radius 2 is 2.04 bits per heavy atom. The van der Waals surface area contributed by atoms with Gasteiger partial charge in [-0.3, -0.25) is 14.5 Å². The summed E-state index contributed by atoms with van der Waals surface area (Å²) in [7, 11) is 0. The topological polar surface area (TPSA) is 58.6 Å². The van der Waals surface area contributed by atoms with Crippen molar-refractivity contribution in [2.75, 3.05) is 18.5 Å². The Hall–Kier alpha value is -2.16. The van der Waals surface area contributed by atoms with Gasteiger partial charge in [0.1, 0.15) is 16.6 Å². The first-order valence-corrected chi connectivity index (χ1v) is 10.5. The van der Waals surface area contributed by atoms with Crippen LogP contribution in [0.25, 0.3) is 6.08 Å². The van der Waals surface area contributed by atoms with Crippen molar-refractivity contribution >= 4 is 67.8 Å². The van der Waals surface area contributed by atoms with E-state index in [0.29, 0.717) is 21.5 Å². The lowest BCUT2D eigenvalue weighted by Gasteiger charge is -2.14. The van der Waals surface area contributed by atoms with Crippen LogP contribution in [-0.2, 0) is 9.59 Å². The number of nitrogens with one attached hydrogen (secondary N) is 1. The van der Waals surface area contributed by atoms with Gasteiger partial charge in [0.2, 0.25) is 5.91 Å². The van der Waals surface area contributed by atoms with E-state index in [-0.39, 0.29) is 18.4 Å². The second-order valence-electron chi connectivity index (χ2n) is 5.83. The second kappa shape index (κ2) is 9.36. The molecule has 8 heteroatoms. The molecule has 5 nitrogen and oxygen atoms in total. The minimum Gasteiger partial charge on any atom is -0.494 e. The number of rotatable bonds is 6. The minimum atomic E-state index is -0.316. The van der Waals surface area contributed by atoms with Crippen molar-refractivity contribution in [3.63, 3.8) is 0 Å². The van der Waals surface area contributed by atoms with Crippen molar-refractivity contribution in [2.24, 2.45) is 0 Å². The van der Waals surface area contributed by atoms with Gasteiger partial charge in [0.15, 0.2) is 0 Å². The number of ether oxygens (including phenoxy) is 1. The third kappa shape index (κ3) is 5.21. The summed E-state index contributed by atoms with van der Waals surface area (Å²) in [5, 5.41) is 2.77. The number of halogens is 1. The van der Waals surface area contributed by atoms with Crippen LogP contribution in [0.5, 0.6) is 5.75 Å². The van der Waals surface area contributed by atoms with Crippen LogP contribution in [0.4, 0.5) is 5.69 Å². The van der Waals surface area contributed by atoms with E-state index in [9.17, 15) is 9.59 Å². The molecule has 1 saturated heterocycles. The largest absolute Gasteiger partial charge is 0.494 e. The Labute approximate surface area is 181 Å². The molecular formula is C20H17BrN2O3S2. The van der Waals surface area contributed by atoms with Crippen LogP contribution < -0.4 is 10.1 Å². The number of carbonyl (C=O) groups excluding carboxylic acids is 2. The molecule has 0 unspecified atom stereocenters. The van der Waals surface area contributed by atoms with E-state index in [4.69, 9.17) is 17.0 Å². The van der Waals surface area contributed by atoms with Crippen molar-refractivity contribution in [1.29, 1.82) is 0 Å². The van der Waals surface area contributed by atoms with E-state index in [1.165, 1.54) is 16.7 Å². The van der Waals surface area contributed by atoms with Gasteiger partial charge >= 0.3 is 0 Å². The number of hydrogen-bond donors (Lipinski definition) is 1. The number of thioether (sulfide) groups is 1. The maximum Gasteiger partial charge on any atom is 0.266 e. The SMILES string of the molecule is CCOc1ccc(NC(=O)CN2C(=O)/C(=C/c3cccc(Br)c3)SC2=S)cc1. The molecule has 28 heavy (non-hydrogen) atoms. The number of anilines is 1. The zero-order valence-electron chi connectivity index (χ0n) is 15.0. The van der Waals surface area contributed by atoms with Gasteiger partial charge in [0.05, 0.1) is 11.5 Å². The fourth-order valence-electron chi connectivity index (χ4n) is 2.53. The van der Waals surface area contributed by atoms with Crippen LogP contribution in [0.1, 0.15) is 12.5 Å². The Bertz CT molecular complexity index is 945. The molecule has 0 saturated carbocycles. The summed E-state index contributed by atoms with van der Waals surface area (Å²) in [4.78, 5) is 26.8. The summed E-state index contributed by atoms with van der Waals surface area (Å²) in [5.41, 5.74) is 1.51. The van der Waals surface area contributed by atoms with Gasteiger partial charge in [-0.25, -0.2) is 0 Å². The second-order valence-corrected chi connectivity index (χ2v) is 8.42. The standard InChI is InChI=1S/C20H17BrN2O3S2/c1-2-26-16-8-6-15(7-9-16)22-18(24)12-23-19(25)17(28-20(23)27)11-13-4-3-5-14(21)10-13/h3-11H,2,12H2,1H3,(H,22,24)/b17-11-. The summed E-state index contributed by atoms with van der Waals surface area (Å²) in [5.74, 6) is 0.149. The molecule has 1 N–H and O–H groups in total.